The molecular formula is C11H15N3O2. The number of hydrogen-bond donors (Lipinski definition) is 2. The van der Waals surface area contributed by atoms with Gasteiger partial charge in [0.1, 0.15) is 0 Å². The van der Waals surface area contributed by atoms with Gasteiger partial charge in [-0.05, 0) is 12.8 Å². The summed E-state index contributed by atoms with van der Waals surface area (Å²) in [5, 5.41) is 9.52. The summed E-state index contributed by atoms with van der Waals surface area (Å²) in [6.07, 6.45) is 7.33. The van der Waals surface area contributed by atoms with E-state index >= 15 is 0 Å². The summed E-state index contributed by atoms with van der Waals surface area (Å²) in [5.41, 5.74) is 5.65. The lowest BCUT2D eigenvalue weighted by Gasteiger charge is -2.20. The first-order chi connectivity index (χ1) is 7.68. The Morgan fingerprint density at radius 1 is 1.38 bits per heavy atom. The van der Waals surface area contributed by atoms with Crippen LogP contribution in [-0.4, -0.2) is 21.0 Å². The molecule has 1 aromatic heterocycles. The van der Waals surface area contributed by atoms with Crippen molar-refractivity contribution in [2.45, 2.75) is 38.0 Å². The molecular weight excluding hydrogens is 206 g/mol. The fourth-order valence-electron chi connectivity index (χ4n) is 2.16. The Labute approximate surface area is 93.7 Å². The molecule has 0 aromatic carbocycles. The average molecular weight is 221 g/mol. The summed E-state index contributed by atoms with van der Waals surface area (Å²) < 4.78 is 0. The van der Waals surface area contributed by atoms with Gasteiger partial charge >= 0.3 is 0 Å². The van der Waals surface area contributed by atoms with Crippen LogP contribution in [0.3, 0.4) is 0 Å². The molecule has 0 saturated heterocycles. The second kappa shape index (κ2) is 4.47. The Hall–Kier alpha value is -1.65. The van der Waals surface area contributed by atoms with Gasteiger partial charge in [-0.25, -0.2) is 9.97 Å². The average Bonchev–Trinajstić information content (AvgIpc) is 2.29. The standard InChI is InChI=1S/C11H15N3O2/c12-10(15)9-11(16)14-8(6-13-9)7-4-2-1-3-5-7/h6-7H,1-5H2,(H2,12,15)(H,14,16). The Bertz CT molecular complexity index is 400. The minimum absolute atomic E-state index is 0.153. The number of carbonyl (C=O) groups is 1. The highest BCUT2D eigenvalue weighted by Gasteiger charge is 2.19. The van der Waals surface area contributed by atoms with Gasteiger partial charge in [-0.3, -0.25) is 4.79 Å². The van der Waals surface area contributed by atoms with Crippen molar-refractivity contribution >= 4 is 5.91 Å². The van der Waals surface area contributed by atoms with Gasteiger partial charge in [0.05, 0.1) is 5.69 Å². The van der Waals surface area contributed by atoms with Crippen molar-refractivity contribution in [1.82, 2.24) is 9.97 Å². The molecule has 5 heteroatoms. The zero-order valence-corrected chi connectivity index (χ0v) is 9.02. The van der Waals surface area contributed by atoms with Crippen molar-refractivity contribution in [1.29, 1.82) is 0 Å². The Kier molecular flexibility index (Phi) is 3.03. The van der Waals surface area contributed by atoms with Crippen molar-refractivity contribution in [3.63, 3.8) is 0 Å². The van der Waals surface area contributed by atoms with E-state index in [-0.39, 0.29) is 11.6 Å². The minimum atomic E-state index is -0.750. The van der Waals surface area contributed by atoms with Gasteiger partial charge in [0, 0.05) is 12.1 Å². The molecule has 0 radical (unpaired) electrons. The highest BCUT2D eigenvalue weighted by Crippen LogP contribution is 2.32. The quantitative estimate of drug-likeness (QED) is 0.788. The molecule has 1 aliphatic rings. The Balaban J connectivity index is 2.23. The van der Waals surface area contributed by atoms with E-state index in [4.69, 9.17) is 5.73 Å². The van der Waals surface area contributed by atoms with Crippen LogP contribution >= 0.6 is 0 Å². The van der Waals surface area contributed by atoms with Crippen LogP contribution in [0.4, 0.5) is 0 Å². The van der Waals surface area contributed by atoms with E-state index in [0.29, 0.717) is 5.92 Å². The van der Waals surface area contributed by atoms with E-state index < -0.39 is 5.91 Å². The number of aromatic nitrogens is 2. The van der Waals surface area contributed by atoms with Gasteiger partial charge in [0.2, 0.25) is 5.88 Å². The highest BCUT2D eigenvalue weighted by atomic mass is 16.3. The lowest BCUT2D eigenvalue weighted by molar-refractivity contribution is 0.0992. The fourth-order valence-corrected chi connectivity index (χ4v) is 2.16. The van der Waals surface area contributed by atoms with Crippen LogP contribution in [-0.2, 0) is 0 Å². The molecule has 16 heavy (non-hydrogen) atoms. The molecule has 0 aliphatic heterocycles. The molecule has 1 fully saturated rings. The summed E-state index contributed by atoms with van der Waals surface area (Å²) >= 11 is 0. The number of primary amides is 1. The summed E-state index contributed by atoms with van der Waals surface area (Å²) in [4.78, 5) is 18.7. The predicted octanol–water partition coefficient (Wildman–Crippen LogP) is 1.33. The van der Waals surface area contributed by atoms with Gasteiger partial charge in [-0.15, -0.1) is 0 Å². The van der Waals surface area contributed by atoms with E-state index in [1.165, 1.54) is 19.3 Å². The van der Waals surface area contributed by atoms with Crippen LogP contribution in [0.5, 0.6) is 5.88 Å². The van der Waals surface area contributed by atoms with Crippen molar-refractivity contribution in [3.05, 3.63) is 17.6 Å². The molecule has 5 nitrogen and oxygen atoms in total. The first-order valence-corrected chi connectivity index (χ1v) is 5.54. The topological polar surface area (TPSA) is 89.1 Å². The molecule has 0 unspecified atom stereocenters. The molecule has 1 amide bonds. The number of carbonyl (C=O) groups excluding carboxylic acids is 1. The maximum absolute atomic E-state index is 10.9. The van der Waals surface area contributed by atoms with Gasteiger partial charge in [-0.2, -0.15) is 0 Å². The van der Waals surface area contributed by atoms with E-state index in [1.807, 2.05) is 0 Å². The second-order valence-corrected chi connectivity index (χ2v) is 4.17. The van der Waals surface area contributed by atoms with Crippen molar-refractivity contribution in [2.24, 2.45) is 5.73 Å². The number of nitrogens with two attached hydrogens (primary N) is 1. The number of amides is 1. The Morgan fingerprint density at radius 3 is 2.62 bits per heavy atom. The third-order valence-corrected chi connectivity index (χ3v) is 3.03. The maximum Gasteiger partial charge on any atom is 0.272 e. The third-order valence-electron chi connectivity index (χ3n) is 3.03. The van der Waals surface area contributed by atoms with Crippen LogP contribution in [0, 0.1) is 0 Å². The lowest BCUT2D eigenvalue weighted by Crippen LogP contribution is -2.15. The minimum Gasteiger partial charge on any atom is -0.492 e. The Morgan fingerprint density at radius 2 is 2.06 bits per heavy atom. The monoisotopic (exact) mass is 221 g/mol. The molecule has 2 rings (SSSR count). The van der Waals surface area contributed by atoms with Crippen LogP contribution < -0.4 is 5.73 Å². The molecule has 0 bridgehead atoms. The number of rotatable bonds is 2. The normalized spacial score (nSPS) is 17.2. The molecule has 1 saturated carbocycles. The van der Waals surface area contributed by atoms with Crippen molar-refractivity contribution in [3.8, 4) is 5.88 Å². The summed E-state index contributed by atoms with van der Waals surface area (Å²) in [6, 6.07) is 0. The molecule has 0 spiro atoms. The summed E-state index contributed by atoms with van der Waals surface area (Å²) in [5.74, 6) is -0.746. The zero-order chi connectivity index (χ0) is 11.5. The van der Waals surface area contributed by atoms with E-state index in [1.54, 1.807) is 6.20 Å². The number of aromatic hydroxyl groups is 1. The zero-order valence-electron chi connectivity index (χ0n) is 9.02. The molecule has 1 heterocycles. The molecule has 1 aromatic rings. The first-order valence-electron chi connectivity index (χ1n) is 5.54. The van der Waals surface area contributed by atoms with Gasteiger partial charge in [0.25, 0.3) is 5.91 Å². The van der Waals surface area contributed by atoms with Gasteiger partial charge in [0.15, 0.2) is 5.69 Å². The van der Waals surface area contributed by atoms with E-state index in [9.17, 15) is 9.90 Å². The SMILES string of the molecule is NC(=O)c1ncc(C2CCCCC2)nc1O. The predicted molar refractivity (Wildman–Crippen MR) is 58.0 cm³/mol. The number of nitrogens with zero attached hydrogens (tertiary/aromatic N) is 2. The summed E-state index contributed by atoms with van der Waals surface area (Å²) in [6.45, 7) is 0. The second-order valence-electron chi connectivity index (χ2n) is 4.17. The summed E-state index contributed by atoms with van der Waals surface area (Å²) in [7, 11) is 0. The van der Waals surface area contributed by atoms with Crippen LogP contribution in [0.1, 0.15) is 54.2 Å². The van der Waals surface area contributed by atoms with Gasteiger partial charge < -0.3 is 10.8 Å². The molecule has 86 valence electrons. The fraction of sp³-hybridized carbons (Fsp3) is 0.545. The van der Waals surface area contributed by atoms with Crippen LogP contribution in [0.25, 0.3) is 0 Å². The molecule has 3 N–H and O–H groups in total. The van der Waals surface area contributed by atoms with E-state index in [0.717, 1.165) is 18.5 Å². The largest absolute Gasteiger partial charge is 0.492 e. The highest BCUT2D eigenvalue weighted by molar-refractivity contribution is 5.92. The lowest BCUT2D eigenvalue weighted by atomic mass is 9.87. The van der Waals surface area contributed by atoms with Gasteiger partial charge in [-0.1, -0.05) is 19.3 Å². The maximum atomic E-state index is 10.9. The first kappa shape index (κ1) is 10.9. The third kappa shape index (κ3) is 2.13. The van der Waals surface area contributed by atoms with E-state index in [2.05, 4.69) is 9.97 Å². The van der Waals surface area contributed by atoms with Crippen LogP contribution in [0.2, 0.25) is 0 Å². The van der Waals surface area contributed by atoms with Crippen molar-refractivity contribution < 1.29 is 9.90 Å². The van der Waals surface area contributed by atoms with Crippen molar-refractivity contribution in [2.75, 3.05) is 0 Å². The van der Waals surface area contributed by atoms with Crippen LogP contribution in [0.15, 0.2) is 6.20 Å². The smallest absolute Gasteiger partial charge is 0.272 e. The molecule has 1 aliphatic carbocycles. The number of hydrogen-bond acceptors (Lipinski definition) is 4. The molecule has 0 atom stereocenters.